The van der Waals surface area contributed by atoms with E-state index in [2.05, 4.69) is 27.3 Å². The van der Waals surface area contributed by atoms with E-state index in [1.54, 1.807) is 4.57 Å². The van der Waals surface area contributed by atoms with Crippen molar-refractivity contribution in [2.24, 2.45) is 0 Å². The molecule has 0 spiro atoms. The summed E-state index contributed by atoms with van der Waals surface area (Å²) in [6.45, 7) is 4.76. The number of aryl methyl sites for hydroxylation is 1. The number of hydrogen-bond donors (Lipinski definition) is 1. The zero-order valence-electron chi connectivity index (χ0n) is 13.7. The molecule has 24 heavy (non-hydrogen) atoms. The molecule has 0 amide bonds. The molecule has 2 heterocycles. The van der Waals surface area contributed by atoms with E-state index in [-0.39, 0.29) is 5.69 Å². The molecule has 3 aromatic rings. The molecule has 2 aromatic heterocycles. The van der Waals surface area contributed by atoms with E-state index in [9.17, 15) is 4.79 Å². The minimum absolute atomic E-state index is 0.183. The number of aromatic amines is 1. The van der Waals surface area contributed by atoms with Crippen molar-refractivity contribution in [2.45, 2.75) is 44.1 Å². The lowest BCUT2D eigenvalue weighted by atomic mass is 10.1. The third-order valence-corrected chi connectivity index (χ3v) is 4.60. The number of rotatable bonds is 7. The molecule has 0 unspecified atom stereocenters. The Morgan fingerprint density at radius 1 is 1.33 bits per heavy atom. The van der Waals surface area contributed by atoms with Gasteiger partial charge >= 0.3 is 5.69 Å². The van der Waals surface area contributed by atoms with Crippen LogP contribution >= 0.6 is 11.8 Å². The van der Waals surface area contributed by atoms with Crippen LogP contribution in [-0.4, -0.2) is 24.9 Å². The highest BCUT2D eigenvalue weighted by Gasteiger charge is 2.13. The van der Waals surface area contributed by atoms with Crippen LogP contribution < -0.4 is 5.69 Å². The molecule has 7 nitrogen and oxygen atoms in total. The molecule has 0 saturated carbocycles. The van der Waals surface area contributed by atoms with Crippen molar-refractivity contribution in [1.29, 1.82) is 0 Å². The van der Waals surface area contributed by atoms with Gasteiger partial charge in [-0.25, -0.2) is 9.89 Å². The molecule has 0 aliphatic heterocycles. The van der Waals surface area contributed by atoms with E-state index >= 15 is 0 Å². The summed E-state index contributed by atoms with van der Waals surface area (Å²) < 4.78 is 6.96. The summed E-state index contributed by atoms with van der Waals surface area (Å²) >= 11 is 1.41. The fraction of sp³-hybridized carbons (Fsp3) is 0.375. The molecule has 1 aromatic carbocycles. The van der Waals surface area contributed by atoms with E-state index in [0.717, 1.165) is 24.0 Å². The van der Waals surface area contributed by atoms with Crippen molar-refractivity contribution in [1.82, 2.24) is 24.9 Å². The molecule has 0 aliphatic rings. The lowest BCUT2D eigenvalue weighted by Gasteiger charge is -2.02. The molecular formula is C16H19N5O2S. The van der Waals surface area contributed by atoms with E-state index in [1.165, 1.54) is 11.8 Å². The van der Waals surface area contributed by atoms with Gasteiger partial charge in [0.25, 0.3) is 0 Å². The molecule has 0 bridgehead atoms. The van der Waals surface area contributed by atoms with Gasteiger partial charge in [-0.2, -0.15) is 4.98 Å². The molecule has 0 saturated heterocycles. The number of nitrogens with one attached hydrogen (secondary N) is 1. The lowest BCUT2D eigenvalue weighted by Crippen LogP contribution is -2.17. The second kappa shape index (κ2) is 7.48. The summed E-state index contributed by atoms with van der Waals surface area (Å²) in [5.41, 5.74) is 1.87. The third kappa shape index (κ3) is 3.59. The number of unbranched alkanes of at least 4 members (excludes halogenated alkanes) is 1. The van der Waals surface area contributed by atoms with E-state index < -0.39 is 0 Å². The van der Waals surface area contributed by atoms with Gasteiger partial charge < -0.3 is 4.52 Å². The fourth-order valence-corrected chi connectivity index (χ4v) is 3.11. The smallest absolute Gasteiger partial charge is 0.338 e. The molecule has 8 heteroatoms. The number of H-pyrrole nitrogens is 1. The van der Waals surface area contributed by atoms with Gasteiger partial charge in [-0.1, -0.05) is 54.5 Å². The quantitative estimate of drug-likeness (QED) is 0.662. The Labute approximate surface area is 143 Å². The Morgan fingerprint density at radius 3 is 2.96 bits per heavy atom. The lowest BCUT2D eigenvalue weighted by molar-refractivity contribution is 0.391. The predicted molar refractivity (Wildman–Crippen MR) is 91.8 cm³/mol. The molecule has 0 fully saturated rings. The molecular weight excluding hydrogens is 326 g/mol. The topological polar surface area (TPSA) is 89.6 Å². The Hall–Kier alpha value is -2.35. The molecule has 1 N–H and O–H groups in total. The van der Waals surface area contributed by atoms with Crippen LogP contribution in [0.15, 0.2) is 38.7 Å². The highest BCUT2D eigenvalue weighted by atomic mass is 32.2. The van der Waals surface area contributed by atoms with Crippen molar-refractivity contribution in [3.8, 4) is 11.4 Å². The zero-order valence-corrected chi connectivity index (χ0v) is 14.5. The minimum Gasteiger partial charge on any atom is -0.338 e. The molecule has 0 radical (unpaired) electrons. The highest BCUT2D eigenvalue weighted by molar-refractivity contribution is 7.98. The van der Waals surface area contributed by atoms with Crippen LogP contribution in [0.4, 0.5) is 0 Å². The molecule has 3 rings (SSSR count). The second-order valence-corrected chi connectivity index (χ2v) is 6.37. The predicted octanol–water partition coefficient (Wildman–Crippen LogP) is 3.02. The molecule has 126 valence electrons. The SMILES string of the molecule is CCCCn1c(SCc2nc(-c3ccccc3C)no2)n[nH]c1=O. The van der Waals surface area contributed by atoms with Gasteiger partial charge in [-0.15, -0.1) is 5.10 Å². The van der Waals surface area contributed by atoms with Gasteiger partial charge in [0, 0.05) is 12.1 Å². The third-order valence-electron chi connectivity index (χ3n) is 3.64. The van der Waals surface area contributed by atoms with Gasteiger partial charge in [0.15, 0.2) is 5.16 Å². The van der Waals surface area contributed by atoms with Gasteiger partial charge in [0.1, 0.15) is 0 Å². The number of benzene rings is 1. The first kappa shape index (κ1) is 16.5. The fourth-order valence-electron chi connectivity index (χ4n) is 2.30. The number of thioether (sulfide) groups is 1. The van der Waals surface area contributed by atoms with E-state index in [1.807, 2.05) is 31.2 Å². The zero-order chi connectivity index (χ0) is 16.9. The van der Waals surface area contributed by atoms with E-state index in [0.29, 0.717) is 29.2 Å². The summed E-state index contributed by atoms with van der Waals surface area (Å²) in [5, 5.41) is 11.2. The van der Waals surface area contributed by atoms with Crippen molar-refractivity contribution in [2.75, 3.05) is 0 Å². The maximum Gasteiger partial charge on any atom is 0.343 e. The molecule has 0 atom stereocenters. The second-order valence-electron chi connectivity index (χ2n) is 5.43. The first-order valence-electron chi connectivity index (χ1n) is 7.85. The molecule has 0 aliphatic carbocycles. The summed E-state index contributed by atoms with van der Waals surface area (Å²) in [6, 6.07) is 7.90. The van der Waals surface area contributed by atoms with Crippen LogP contribution in [0.3, 0.4) is 0 Å². The normalized spacial score (nSPS) is 11.1. The van der Waals surface area contributed by atoms with Crippen molar-refractivity contribution >= 4 is 11.8 Å². The van der Waals surface area contributed by atoms with Gasteiger partial charge in [0.05, 0.1) is 5.75 Å². The monoisotopic (exact) mass is 345 g/mol. The van der Waals surface area contributed by atoms with Crippen LogP contribution in [-0.2, 0) is 12.3 Å². The number of aromatic nitrogens is 5. The summed E-state index contributed by atoms with van der Waals surface area (Å²) in [5.74, 6) is 1.56. The Bertz CT molecular complexity index is 867. The van der Waals surface area contributed by atoms with E-state index in [4.69, 9.17) is 4.52 Å². The standard InChI is InChI=1S/C16H19N5O2S/c1-3-4-9-21-15(22)18-19-16(21)24-10-13-17-14(20-23-13)12-8-6-5-7-11(12)2/h5-8H,3-4,9-10H2,1-2H3,(H,18,22). The summed E-state index contributed by atoms with van der Waals surface area (Å²) in [4.78, 5) is 16.2. The maximum absolute atomic E-state index is 11.8. The van der Waals surface area contributed by atoms with Crippen molar-refractivity contribution in [3.05, 3.63) is 46.2 Å². The van der Waals surface area contributed by atoms with Gasteiger partial charge in [0.2, 0.25) is 11.7 Å². The van der Waals surface area contributed by atoms with Crippen LogP contribution in [0.5, 0.6) is 0 Å². The maximum atomic E-state index is 11.8. The summed E-state index contributed by atoms with van der Waals surface area (Å²) in [7, 11) is 0. The van der Waals surface area contributed by atoms with Crippen LogP contribution in [0.25, 0.3) is 11.4 Å². The van der Waals surface area contributed by atoms with Crippen molar-refractivity contribution < 1.29 is 4.52 Å². The Balaban J connectivity index is 1.70. The van der Waals surface area contributed by atoms with Gasteiger partial charge in [-0.3, -0.25) is 4.57 Å². The Morgan fingerprint density at radius 2 is 2.17 bits per heavy atom. The first-order valence-corrected chi connectivity index (χ1v) is 8.84. The number of nitrogens with zero attached hydrogens (tertiary/aromatic N) is 4. The summed E-state index contributed by atoms with van der Waals surface area (Å²) in [6.07, 6.45) is 1.95. The first-order chi connectivity index (χ1) is 11.7. The average Bonchev–Trinajstić information content (AvgIpc) is 3.18. The van der Waals surface area contributed by atoms with Gasteiger partial charge in [-0.05, 0) is 18.9 Å². The van der Waals surface area contributed by atoms with Crippen LogP contribution in [0, 0.1) is 6.92 Å². The van der Waals surface area contributed by atoms with Crippen molar-refractivity contribution in [3.63, 3.8) is 0 Å². The Kier molecular flexibility index (Phi) is 5.14. The number of hydrogen-bond acceptors (Lipinski definition) is 6. The van der Waals surface area contributed by atoms with Crippen LogP contribution in [0.1, 0.15) is 31.2 Å². The van der Waals surface area contributed by atoms with Crippen LogP contribution in [0.2, 0.25) is 0 Å². The average molecular weight is 345 g/mol. The largest absolute Gasteiger partial charge is 0.343 e. The minimum atomic E-state index is -0.183. The highest BCUT2D eigenvalue weighted by Crippen LogP contribution is 2.23.